The molecule has 0 aromatic carbocycles. The molecule has 0 aromatic rings. The number of ketones is 1. The molecule has 0 spiro atoms. The zero-order valence-corrected chi connectivity index (χ0v) is 11.3. The summed E-state index contributed by atoms with van der Waals surface area (Å²) in [6, 6.07) is 0. The van der Waals surface area contributed by atoms with Crippen LogP contribution in [0.2, 0.25) is 0 Å². The van der Waals surface area contributed by atoms with E-state index in [0.717, 1.165) is 0 Å². The van der Waals surface area contributed by atoms with E-state index in [1.54, 1.807) is 0 Å². The van der Waals surface area contributed by atoms with Crippen molar-refractivity contribution < 1.29 is 37.5 Å². The molecule has 1 radical (unpaired) electrons. The van der Waals surface area contributed by atoms with E-state index in [1.165, 1.54) is 32.1 Å². The first-order valence-electron chi connectivity index (χ1n) is 4.33. The number of hydrogen-bond donors (Lipinski definition) is 0. The molecular formula is C10H20OY-2. The summed E-state index contributed by atoms with van der Waals surface area (Å²) in [7, 11) is 0. The minimum absolute atomic E-state index is 0. The van der Waals surface area contributed by atoms with Crippen LogP contribution in [-0.4, -0.2) is 5.78 Å². The Morgan fingerprint density at radius 1 is 1.00 bits per heavy atom. The fraction of sp³-hybridized carbons (Fsp3) is 0.700. The fourth-order valence-electron chi connectivity index (χ4n) is 0.677. The molecule has 2 heteroatoms. The first-order valence-corrected chi connectivity index (χ1v) is 4.33. The number of carbonyl (C=O) groups is 1. The smallest absolute Gasteiger partial charge is 0 e. The van der Waals surface area contributed by atoms with Crippen molar-refractivity contribution in [2.75, 3.05) is 0 Å². The van der Waals surface area contributed by atoms with Crippen LogP contribution in [0.1, 0.15) is 46.0 Å². The van der Waals surface area contributed by atoms with Crippen molar-refractivity contribution in [3.8, 4) is 0 Å². The number of Topliss-reactive ketones (excluding diaryl/α,β-unsaturated/α-hetero) is 1. The molecule has 0 aromatic heterocycles. The number of carbonyl (C=O) groups excluding carboxylic acids is 1. The van der Waals surface area contributed by atoms with Crippen molar-refractivity contribution in [1.29, 1.82) is 0 Å². The second-order valence-electron chi connectivity index (χ2n) is 2.60. The monoisotopic (exact) mass is 245 g/mol. The van der Waals surface area contributed by atoms with Crippen LogP contribution in [0.3, 0.4) is 0 Å². The van der Waals surface area contributed by atoms with Gasteiger partial charge in [0.15, 0.2) is 0 Å². The fourth-order valence-corrected chi connectivity index (χ4v) is 0.677. The van der Waals surface area contributed by atoms with Gasteiger partial charge in [0.25, 0.3) is 0 Å². The summed E-state index contributed by atoms with van der Waals surface area (Å²) in [6.45, 7) is 10.3. The standard InChI is InChI=1S/C7H16.C3H4O.Y/c1-3-5-7-6-4-2;1-3(2)4;/h3-7H2,1-2H3;1-2H2;/q;-2;. The maximum absolute atomic E-state index is 9.22. The Balaban J connectivity index is -0.000000142. The van der Waals surface area contributed by atoms with Gasteiger partial charge in [-0.1, -0.05) is 46.0 Å². The molecule has 0 bridgehead atoms. The average Bonchev–Trinajstić information content (AvgIpc) is 1.88. The molecule has 0 heterocycles. The third-order valence-electron chi connectivity index (χ3n) is 1.21. The molecule has 0 amide bonds. The van der Waals surface area contributed by atoms with Gasteiger partial charge in [0.05, 0.1) is 0 Å². The van der Waals surface area contributed by atoms with E-state index in [9.17, 15) is 4.79 Å². The average molecular weight is 245 g/mol. The van der Waals surface area contributed by atoms with Crippen molar-refractivity contribution >= 4 is 5.78 Å². The van der Waals surface area contributed by atoms with E-state index in [1.807, 2.05) is 0 Å². The maximum Gasteiger partial charge on any atom is 0 e. The number of hydrogen-bond acceptors (Lipinski definition) is 1. The van der Waals surface area contributed by atoms with E-state index in [-0.39, 0.29) is 38.5 Å². The van der Waals surface area contributed by atoms with Gasteiger partial charge in [0.1, 0.15) is 0 Å². The minimum atomic E-state index is -0.333. The van der Waals surface area contributed by atoms with Crippen molar-refractivity contribution in [2.24, 2.45) is 0 Å². The Morgan fingerprint density at radius 2 is 1.25 bits per heavy atom. The summed E-state index contributed by atoms with van der Waals surface area (Å²) in [5, 5.41) is 0. The molecule has 0 aliphatic rings. The molecule has 0 N–H and O–H groups in total. The van der Waals surface area contributed by atoms with Crippen LogP contribution in [0.5, 0.6) is 0 Å². The maximum atomic E-state index is 9.22. The Morgan fingerprint density at radius 3 is 1.42 bits per heavy atom. The van der Waals surface area contributed by atoms with Crippen LogP contribution < -0.4 is 0 Å². The summed E-state index contributed by atoms with van der Waals surface area (Å²) in [4.78, 5) is 9.22. The topological polar surface area (TPSA) is 17.1 Å². The molecule has 0 aliphatic heterocycles. The zero-order valence-electron chi connectivity index (χ0n) is 8.44. The molecule has 1 nitrogen and oxygen atoms in total. The quantitative estimate of drug-likeness (QED) is 0.549. The Hall–Kier alpha value is 0.514. The van der Waals surface area contributed by atoms with E-state index in [4.69, 9.17) is 0 Å². The Bertz CT molecular complexity index is 73.9. The second kappa shape index (κ2) is 17.6. The Labute approximate surface area is 103 Å². The molecule has 0 saturated carbocycles. The van der Waals surface area contributed by atoms with E-state index in [2.05, 4.69) is 27.7 Å². The van der Waals surface area contributed by atoms with Crippen LogP contribution >= 0.6 is 0 Å². The summed E-state index contributed by atoms with van der Waals surface area (Å²) in [5.74, 6) is -0.333. The molecule has 0 fully saturated rings. The van der Waals surface area contributed by atoms with Gasteiger partial charge in [-0.25, -0.2) is 0 Å². The molecule has 0 aliphatic carbocycles. The van der Waals surface area contributed by atoms with Crippen LogP contribution in [0.4, 0.5) is 0 Å². The molecule has 0 saturated heterocycles. The Kier molecular flexibility index (Phi) is 26.8. The first-order chi connectivity index (χ1) is 5.15. The van der Waals surface area contributed by atoms with Crippen molar-refractivity contribution in [1.82, 2.24) is 0 Å². The third kappa shape index (κ3) is 46.7. The molecule has 0 unspecified atom stereocenters. The van der Waals surface area contributed by atoms with Gasteiger partial charge >= 0.3 is 0 Å². The van der Waals surface area contributed by atoms with E-state index >= 15 is 0 Å². The van der Waals surface area contributed by atoms with E-state index < -0.39 is 0 Å². The van der Waals surface area contributed by atoms with Crippen LogP contribution in [0.15, 0.2) is 0 Å². The van der Waals surface area contributed by atoms with Gasteiger partial charge < -0.3 is 18.6 Å². The van der Waals surface area contributed by atoms with Gasteiger partial charge in [-0.05, 0) is 0 Å². The number of rotatable bonds is 4. The minimum Gasteiger partial charge on any atom is -0.370 e. The second-order valence-corrected chi connectivity index (χ2v) is 2.60. The molecule has 12 heavy (non-hydrogen) atoms. The molecule has 0 rings (SSSR count). The summed E-state index contributed by atoms with van der Waals surface area (Å²) in [5.41, 5.74) is 0. The summed E-state index contributed by atoms with van der Waals surface area (Å²) < 4.78 is 0. The van der Waals surface area contributed by atoms with E-state index in [0.29, 0.717) is 0 Å². The van der Waals surface area contributed by atoms with Crippen LogP contribution in [0, 0.1) is 13.8 Å². The van der Waals surface area contributed by atoms with Gasteiger partial charge in [-0.3, -0.25) is 0 Å². The first kappa shape index (κ1) is 18.3. The van der Waals surface area contributed by atoms with Crippen molar-refractivity contribution in [3.05, 3.63) is 13.8 Å². The largest absolute Gasteiger partial charge is 0.370 e. The third-order valence-corrected chi connectivity index (χ3v) is 1.21. The number of unbranched alkanes of at least 4 members (excludes halogenated alkanes) is 4. The zero-order chi connectivity index (χ0) is 9.11. The predicted octanol–water partition coefficient (Wildman–Crippen LogP) is 3.20. The van der Waals surface area contributed by atoms with Gasteiger partial charge in [-0.15, -0.1) is 5.78 Å². The van der Waals surface area contributed by atoms with Gasteiger partial charge in [0.2, 0.25) is 0 Å². The SMILES string of the molecule is CCCCCCC.[CH2-]C([CH2-])=O.[Y]. The summed E-state index contributed by atoms with van der Waals surface area (Å²) in [6.07, 6.45) is 7.01. The van der Waals surface area contributed by atoms with Gasteiger partial charge in [0, 0.05) is 32.7 Å². The summed E-state index contributed by atoms with van der Waals surface area (Å²) >= 11 is 0. The molecule has 71 valence electrons. The normalized spacial score (nSPS) is 7.50. The molecule has 0 atom stereocenters. The van der Waals surface area contributed by atoms with Crippen molar-refractivity contribution in [2.45, 2.75) is 46.0 Å². The van der Waals surface area contributed by atoms with Crippen LogP contribution in [0.25, 0.3) is 0 Å². The van der Waals surface area contributed by atoms with Gasteiger partial charge in [-0.2, -0.15) is 0 Å². The predicted molar refractivity (Wildman–Crippen MR) is 50.2 cm³/mol. The van der Waals surface area contributed by atoms with Crippen LogP contribution in [-0.2, 0) is 37.5 Å². The van der Waals surface area contributed by atoms with Crippen molar-refractivity contribution in [3.63, 3.8) is 0 Å². The molecular weight excluding hydrogens is 225 g/mol.